The van der Waals surface area contributed by atoms with Crippen molar-refractivity contribution in [3.05, 3.63) is 34.7 Å². The lowest BCUT2D eigenvalue weighted by Gasteiger charge is -2.36. The second kappa shape index (κ2) is 6.29. The Morgan fingerprint density at radius 2 is 1.83 bits per heavy atom. The molecule has 6 heteroatoms. The summed E-state index contributed by atoms with van der Waals surface area (Å²) in [4.78, 5) is 28.4. The van der Waals surface area contributed by atoms with Gasteiger partial charge in [-0.15, -0.1) is 11.3 Å². The number of nitrogens with zero attached hydrogens (tertiary/aromatic N) is 2. The molecule has 2 aromatic rings. The molecule has 2 heterocycles. The van der Waals surface area contributed by atoms with E-state index in [2.05, 4.69) is 0 Å². The first kappa shape index (κ1) is 16.0. The lowest BCUT2D eigenvalue weighted by atomic mass is 10.1. The Bertz CT molecular complexity index is 747. The van der Waals surface area contributed by atoms with E-state index in [1.54, 1.807) is 6.92 Å². The van der Waals surface area contributed by atoms with Gasteiger partial charge in [0.25, 0.3) is 5.91 Å². The number of thiophene rings is 1. The summed E-state index contributed by atoms with van der Waals surface area (Å²) in [5.74, 6) is -0.753. The van der Waals surface area contributed by atoms with Crippen LogP contribution in [0.3, 0.4) is 0 Å². The van der Waals surface area contributed by atoms with Gasteiger partial charge in [0.2, 0.25) is 0 Å². The third-order valence-electron chi connectivity index (χ3n) is 4.54. The van der Waals surface area contributed by atoms with Crippen LogP contribution >= 0.6 is 11.3 Å². The molecular weight excluding hydrogens is 312 g/mol. The van der Waals surface area contributed by atoms with E-state index < -0.39 is 12.0 Å². The summed E-state index contributed by atoms with van der Waals surface area (Å²) in [6.45, 7) is 6.03. The Morgan fingerprint density at radius 3 is 2.43 bits per heavy atom. The van der Waals surface area contributed by atoms with Crippen LogP contribution in [0.1, 0.15) is 22.2 Å². The molecule has 1 aromatic carbocycles. The smallest absolute Gasteiger partial charge is 0.320 e. The van der Waals surface area contributed by atoms with Gasteiger partial charge in [0, 0.05) is 30.9 Å². The minimum Gasteiger partial charge on any atom is -0.480 e. The number of hydrogen-bond donors (Lipinski definition) is 1. The van der Waals surface area contributed by atoms with Crippen molar-refractivity contribution in [1.29, 1.82) is 0 Å². The highest BCUT2D eigenvalue weighted by molar-refractivity contribution is 7.21. The Morgan fingerprint density at radius 1 is 1.17 bits per heavy atom. The van der Waals surface area contributed by atoms with Crippen LogP contribution in [0.4, 0.5) is 0 Å². The lowest BCUT2D eigenvalue weighted by Crippen LogP contribution is -2.53. The number of carboxylic acids is 1. The normalized spacial score (nSPS) is 17.4. The molecule has 0 spiro atoms. The van der Waals surface area contributed by atoms with Crippen LogP contribution in [-0.2, 0) is 4.79 Å². The molecule has 122 valence electrons. The van der Waals surface area contributed by atoms with E-state index in [0.29, 0.717) is 26.2 Å². The molecule has 0 aliphatic carbocycles. The van der Waals surface area contributed by atoms with Crippen molar-refractivity contribution >= 4 is 33.3 Å². The van der Waals surface area contributed by atoms with Crippen molar-refractivity contribution in [2.24, 2.45) is 0 Å². The number of fused-ring (bicyclic) bond motifs is 1. The molecule has 3 rings (SSSR count). The van der Waals surface area contributed by atoms with Crippen LogP contribution in [0.2, 0.25) is 0 Å². The van der Waals surface area contributed by atoms with Crippen LogP contribution in [0.25, 0.3) is 10.1 Å². The van der Waals surface area contributed by atoms with E-state index >= 15 is 0 Å². The number of carboxylic acid groups (broad SMARTS) is 1. The summed E-state index contributed by atoms with van der Waals surface area (Å²) in [6.07, 6.45) is 0. The van der Waals surface area contributed by atoms with Crippen molar-refractivity contribution < 1.29 is 14.7 Å². The summed E-state index contributed by atoms with van der Waals surface area (Å²) in [6, 6.07) is 7.56. The predicted octanol–water partition coefficient (Wildman–Crippen LogP) is 2.44. The topological polar surface area (TPSA) is 60.9 Å². The summed E-state index contributed by atoms with van der Waals surface area (Å²) in [5.41, 5.74) is 1.04. The van der Waals surface area contributed by atoms with Gasteiger partial charge in [-0.1, -0.05) is 18.2 Å². The lowest BCUT2D eigenvalue weighted by molar-refractivity contribution is -0.143. The number of benzene rings is 1. The highest BCUT2D eigenvalue weighted by Gasteiger charge is 2.29. The van der Waals surface area contributed by atoms with Gasteiger partial charge in [-0.25, -0.2) is 0 Å². The predicted molar refractivity (Wildman–Crippen MR) is 91.1 cm³/mol. The van der Waals surface area contributed by atoms with Crippen molar-refractivity contribution in [3.63, 3.8) is 0 Å². The van der Waals surface area contributed by atoms with Gasteiger partial charge in [0.1, 0.15) is 6.04 Å². The van der Waals surface area contributed by atoms with Gasteiger partial charge < -0.3 is 10.0 Å². The summed E-state index contributed by atoms with van der Waals surface area (Å²) in [7, 11) is 0. The number of aliphatic carboxylic acids is 1. The maximum atomic E-state index is 12.8. The third kappa shape index (κ3) is 2.96. The molecule has 5 nitrogen and oxygen atoms in total. The van der Waals surface area contributed by atoms with E-state index in [9.17, 15) is 9.59 Å². The Balaban J connectivity index is 1.74. The Kier molecular flexibility index (Phi) is 4.37. The molecular formula is C17H20N2O3S. The van der Waals surface area contributed by atoms with E-state index in [1.165, 1.54) is 11.3 Å². The van der Waals surface area contributed by atoms with E-state index in [4.69, 9.17) is 5.11 Å². The van der Waals surface area contributed by atoms with Crippen LogP contribution in [0.5, 0.6) is 0 Å². The number of piperazine rings is 1. The maximum absolute atomic E-state index is 12.8. The number of rotatable bonds is 3. The molecule has 1 aromatic heterocycles. The fraction of sp³-hybridized carbons (Fsp3) is 0.412. The van der Waals surface area contributed by atoms with Crippen LogP contribution < -0.4 is 0 Å². The van der Waals surface area contributed by atoms with Crippen molar-refractivity contribution in [1.82, 2.24) is 9.80 Å². The third-order valence-corrected chi connectivity index (χ3v) is 5.81. The number of hydrogen-bond acceptors (Lipinski definition) is 4. The Labute approximate surface area is 139 Å². The highest BCUT2D eigenvalue weighted by atomic mass is 32.1. The zero-order valence-electron chi connectivity index (χ0n) is 13.3. The highest BCUT2D eigenvalue weighted by Crippen LogP contribution is 2.31. The van der Waals surface area contributed by atoms with Crippen LogP contribution in [0, 0.1) is 6.92 Å². The number of aryl methyl sites for hydroxylation is 1. The number of carbonyl (C=O) groups is 2. The monoisotopic (exact) mass is 332 g/mol. The SMILES string of the molecule is Cc1c(C(=O)N2CCN([C@@H](C)C(=O)O)CC2)sc2ccccc12. The molecule has 0 unspecified atom stereocenters. The quantitative estimate of drug-likeness (QED) is 0.938. The molecule has 0 radical (unpaired) electrons. The zero-order valence-corrected chi connectivity index (χ0v) is 14.1. The fourth-order valence-corrected chi connectivity index (χ4v) is 4.17. The minimum absolute atomic E-state index is 0.0614. The molecule has 1 aliphatic heterocycles. The molecule has 1 fully saturated rings. The molecule has 1 amide bonds. The molecule has 0 bridgehead atoms. The van der Waals surface area contributed by atoms with Crippen LogP contribution in [0.15, 0.2) is 24.3 Å². The van der Waals surface area contributed by atoms with Crippen LogP contribution in [-0.4, -0.2) is 59.0 Å². The second-order valence-corrected chi connectivity index (χ2v) is 6.95. The van der Waals surface area contributed by atoms with Gasteiger partial charge >= 0.3 is 5.97 Å². The fourth-order valence-electron chi connectivity index (χ4n) is 2.99. The number of carbonyl (C=O) groups excluding carboxylic acids is 1. The van der Waals surface area contributed by atoms with E-state index in [1.807, 2.05) is 41.0 Å². The van der Waals surface area contributed by atoms with Crippen molar-refractivity contribution in [3.8, 4) is 0 Å². The molecule has 1 aliphatic rings. The number of amides is 1. The van der Waals surface area contributed by atoms with Crippen molar-refractivity contribution in [2.75, 3.05) is 26.2 Å². The molecule has 1 saturated heterocycles. The molecule has 1 atom stereocenters. The van der Waals surface area contributed by atoms with E-state index in [-0.39, 0.29) is 5.91 Å². The van der Waals surface area contributed by atoms with Crippen molar-refractivity contribution in [2.45, 2.75) is 19.9 Å². The van der Waals surface area contributed by atoms with Gasteiger partial charge in [0.15, 0.2) is 0 Å². The molecule has 0 saturated carbocycles. The second-order valence-electron chi connectivity index (χ2n) is 5.89. The Hall–Kier alpha value is -1.92. The standard InChI is InChI=1S/C17H20N2O3S/c1-11-13-5-3-4-6-14(13)23-15(11)16(20)19-9-7-18(8-10-19)12(2)17(21)22/h3-6,12H,7-10H2,1-2H3,(H,21,22)/t12-/m0/s1. The molecule has 1 N–H and O–H groups in total. The van der Waals surface area contributed by atoms with Gasteiger partial charge in [-0.05, 0) is 30.9 Å². The first-order valence-corrected chi connectivity index (χ1v) is 8.55. The maximum Gasteiger partial charge on any atom is 0.320 e. The first-order valence-electron chi connectivity index (χ1n) is 7.73. The first-order chi connectivity index (χ1) is 11.0. The summed E-state index contributed by atoms with van der Waals surface area (Å²) in [5, 5.41) is 10.2. The molecule has 23 heavy (non-hydrogen) atoms. The van der Waals surface area contributed by atoms with Gasteiger partial charge in [0.05, 0.1) is 4.88 Å². The largest absolute Gasteiger partial charge is 0.480 e. The summed E-state index contributed by atoms with van der Waals surface area (Å²) < 4.78 is 1.13. The average molecular weight is 332 g/mol. The average Bonchev–Trinajstić information content (AvgIpc) is 2.91. The minimum atomic E-state index is -0.815. The summed E-state index contributed by atoms with van der Waals surface area (Å²) >= 11 is 1.54. The van der Waals surface area contributed by atoms with E-state index in [0.717, 1.165) is 20.5 Å². The van der Waals surface area contributed by atoms with Gasteiger partial charge in [-0.2, -0.15) is 0 Å². The zero-order chi connectivity index (χ0) is 16.6. The van der Waals surface area contributed by atoms with Gasteiger partial charge in [-0.3, -0.25) is 14.5 Å².